The van der Waals surface area contributed by atoms with Gasteiger partial charge in [0, 0.05) is 25.9 Å². The third-order valence-electron chi connectivity index (χ3n) is 4.59. The summed E-state index contributed by atoms with van der Waals surface area (Å²) in [5, 5.41) is 2.51. The number of rotatable bonds is 4. The molecule has 1 saturated heterocycles. The fourth-order valence-corrected chi connectivity index (χ4v) is 4.02. The molecule has 1 atom stereocenters. The van der Waals surface area contributed by atoms with Crippen molar-refractivity contribution in [3.05, 3.63) is 0 Å². The van der Waals surface area contributed by atoms with Crippen LogP contribution in [0.4, 0.5) is 0 Å². The maximum atomic E-state index is 12.3. The molecule has 0 radical (unpaired) electrons. The fourth-order valence-electron chi connectivity index (χ4n) is 3.31. The maximum absolute atomic E-state index is 12.3. The summed E-state index contributed by atoms with van der Waals surface area (Å²) >= 11 is 1.47. The van der Waals surface area contributed by atoms with Gasteiger partial charge in [0.25, 0.3) is 0 Å². The monoisotopic (exact) mass is 312 g/mol. The van der Waals surface area contributed by atoms with Crippen LogP contribution in [0.25, 0.3) is 0 Å². The number of ketones is 1. The summed E-state index contributed by atoms with van der Waals surface area (Å²) in [5.74, 6) is 0.927. The van der Waals surface area contributed by atoms with E-state index >= 15 is 0 Å². The fraction of sp³-hybridized carbons (Fsp3) is 0.800. The van der Waals surface area contributed by atoms with E-state index in [0.717, 1.165) is 25.7 Å². The van der Waals surface area contributed by atoms with Crippen LogP contribution in [-0.2, 0) is 14.4 Å². The maximum Gasteiger partial charge on any atom is 0.236 e. The molecule has 1 unspecified atom stereocenters. The number of amides is 2. The number of nitrogens with one attached hydrogen (secondary N) is 1. The van der Waals surface area contributed by atoms with Gasteiger partial charge in [-0.2, -0.15) is 11.8 Å². The Labute approximate surface area is 130 Å². The molecule has 0 aromatic carbocycles. The SMILES string of the molecule is CNC(=O)C1CCC(CN2CC(=O)CC(SC)C2=O)CC1. The molecule has 1 saturated carbocycles. The first-order valence-corrected chi connectivity index (χ1v) is 8.88. The van der Waals surface area contributed by atoms with E-state index in [-0.39, 0.29) is 35.3 Å². The lowest BCUT2D eigenvalue weighted by atomic mass is 9.81. The van der Waals surface area contributed by atoms with E-state index in [1.165, 1.54) is 11.8 Å². The van der Waals surface area contributed by atoms with Crippen LogP contribution in [0.5, 0.6) is 0 Å². The number of carbonyl (C=O) groups is 3. The molecule has 1 heterocycles. The Morgan fingerprint density at radius 3 is 2.52 bits per heavy atom. The molecule has 118 valence electrons. The van der Waals surface area contributed by atoms with Gasteiger partial charge in [-0.3, -0.25) is 14.4 Å². The van der Waals surface area contributed by atoms with Gasteiger partial charge in [-0.1, -0.05) is 0 Å². The Morgan fingerprint density at radius 1 is 1.29 bits per heavy atom. The molecule has 1 aliphatic heterocycles. The van der Waals surface area contributed by atoms with Crippen LogP contribution in [0.3, 0.4) is 0 Å². The average molecular weight is 312 g/mol. The summed E-state index contributed by atoms with van der Waals surface area (Å²) in [7, 11) is 1.68. The highest BCUT2D eigenvalue weighted by molar-refractivity contribution is 7.99. The number of Topliss-reactive ketones (excluding diaryl/α,β-unsaturated/α-hetero) is 1. The zero-order valence-corrected chi connectivity index (χ0v) is 13.6. The van der Waals surface area contributed by atoms with Crippen molar-refractivity contribution in [1.29, 1.82) is 0 Å². The second kappa shape index (κ2) is 7.29. The molecule has 1 N–H and O–H groups in total. The standard InChI is InChI=1S/C15H24N2O3S/c1-16-14(19)11-5-3-10(4-6-11)8-17-9-12(18)7-13(21-2)15(17)20/h10-11,13H,3-9H2,1-2H3,(H,16,19). The summed E-state index contributed by atoms with van der Waals surface area (Å²) in [6, 6.07) is 0. The van der Waals surface area contributed by atoms with E-state index < -0.39 is 0 Å². The predicted octanol–water partition coefficient (Wildman–Crippen LogP) is 1.07. The van der Waals surface area contributed by atoms with Crippen molar-refractivity contribution in [2.75, 3.05) is 26.4 Å². The third-order valence-corrected chi connectivity index (χ3v) is 5.53. The number of thioether (sulfide) groups is 1. The lowest BCUT2D eigenvalue weighted by Crippen LogP contribution is -2.49. The quantitative estimate of drug-likeness (QED) is 0.843. The van der Waals surface area contributed by atoms with Crippen molar-refractivity contribution in [1.82, 2.24) is 10.2 Å². The molecule has 1 aliphatic carbocycles. The molecule has 0 bridgehead atoms. The number of hydrogen-bond acceptors (Lipinski definition) is 4. The third kappa shape index (κ3) is 3.99. The molecule has 2 rings (SSSR count). The van der Waals surface area contributed by atoms with Crippen LogP contribution < -0.4 is 5.32 Å². The van der Waals surface area contributed by atoms with Crippen LogP contribution in [-0.4, -0.2) is 54.1 Å². The van der Waals surface area contributed by atoms with Gasteiger partial charge >= 0.3 is 0 Å². The number of piperidine rings is 1. The summed E-state index contributed by atoms with van der Waals surface area (Å²) in [5.41, 5.74) is 0. The number of carbonyl (C=O) groups excluding carboxylic acids is 3. The van der Waals surface area contributed by atoms with Crippen molar-refractivity contribution in [2.45, 2.75) is 37.4 Å². The molecular weight excluding hydrogens is 288 g/mol. The minimum atomic E-state index is -0.201. The molecule has 2 amide bonds. The average Bonchev–Trinajstić information content (AvgIpc) is 2.50. The summed E-state index contributed by atoms with van der Waals surface area (Å²) in [4.78, 5) is 37.4. The zero-order chi connectivity index (χ0) is 15.4. The molecule has 2 aliphatic rings. The Balaban J connectivity index is 1.86. The highest BCUT2D eigenvalue weighted by Gasteiger charge is 2.35. The lowest BCUT2D eigenvalue weighted by molar-refractivity contribution is -0.140. The van der Waals surface area contributed by atoms with Crippen LogP contribution in [0.15, 0.2) is 0 Å². The van der Waals surface area contributed by atoms with Crippen molar-refractivity contribution >= 4 is 29.4 Å². The zero-order valence-electron chi connectivity index (χ0n) is 12.8. The van der Waals surface area contributed by atoms with Crippen molar-refractivity contribution < 1.29 is 14.4 Å². The smallest absolute Gasteiger partial charge is 0.236 e. The highest BCUT2D eigenvalue weighted by Crippen LogP contribution is 2.30. The van der Waals surface area contributed by atoms with Gasteiger partial charge in [0.2, 0.25) is 11.8 Å². The normalized spacial score (nSPS) is 30.4. The van der Waals surface area contributed by atoms with Crippen molar-refractivity contribution in [2.24, 2.45) is 11.8 Å². The Kier molecular flexibility index (Phi) is 5.67. The summed E-state index contributed by atoms with van der Waals surface area (Å²) < 4.78 is 0. The predicted molar refractivity (Wildman–Crippen MR) is 83.0 cm³/mol. The van der Waals surface area contributed by atoms with Crippen LogP contribution in [0.1, 0.15) is 32.1 Å². The van der Waals surface area contributed by atoms with Crippen molar-refractivity contribution in [3.8, 4) is 0 Å². The van der Waals surface area contributed by atoms with Gasteiger partial charge in [-0.05, 0) is 37.9 Å². The summed E-state index contributed by atoms with van der Waals surface area (Å²) in [6.45, 7) is 0.938. The first kappa shape index (κ1) is 16.3. The second-order valence-electron chi connectivity index (χ2n) is 6.02. The first-order valence-electron chi connectivity index (χ1n) is 7.60. The number of nitrogens with zero attached hydrogens (tertiary/aromatic N) is 1. The molecule has 0 aromatic rings. The molecule has 0 spiro atoms. The van der Waals surface area contributed by atoms with Gasteiger partial charge in [-0.15, -0.1) is 0 Å². The van der Waals surface area contributed by atoms with E-state index in [1.54, 1.807) is 11.9 Å². The van der Waals surface area contributed by atoms with Gasteiger partial charge in [0.05, 0.1) is 11.8 Å². The van der Waals surface area contributed by atoms with Gasteiger partial charge < -0.3 is 10.2 Å². The largest absolute Gasteiger partial charge is 0.359 e. The highest BCUT2D eigenvalue weighted by atomic mass is 32.2. The Hall–Kier alpha value is -1.04. The topological polar surface area (TPSA) is 66.5 Å². The first-order chi connectivity index (χ1) is 10.0. The minimum Gasteiger partial charge on any atom is -0.359 e. The van der Waals surface area contributed by atoms with Crippen molar-refractivity contribution in [3.63, 3.8) is 0 Å². The minimum absolute atomic E-state index is 0.107. The van der Waals surface area contributed by atoms with Crippen LogP contribution >= 0.6 is 11.8 Å². The second-order valence-corrected chi connectivity index (χ2v) is 7.06. The van der Waals surface area contributed by atoms with Crippen LogP contribution in [0, 0.1) is 11.8 Å². The van der Waals surface area contributed by atoms with E-state index in [2.05, 4.69) is 5.32 Å². The Morgan fingerprint density at radius 2 is 1.95 bits per heavy atom. The van der Waals surface area contributed by atoms with E-state index in [1.807, 2.05) is 6.26 Å². The molecule has 6 heteroatoms. The van der Waals surface area contributed by atoms with Gasteiger partial charge in [-0.25, -0.2) is 0 Å². The molecular formula is C15H24N2O3S. The van der Waals surface area contributed by atoms with E-state index in [0.29, 0.717) is 18.9 Å². The van der Waals surface area contributed by atoms with Gasteiger partial charge in [0.1, 0.15) is 0 Å². The van der Waals surface area contributed by atoms with E-state index in [9.17, 15) is 14.4 Å². The summed E-state index contributed by atoms with van der Waals surface area (Å²) in [6.07, 6.45) is 5.94. The van der Waals surface area contributed by atoms with Crippen LogP contribution in [0.2, 0.25) is 0 Å². The number of likely N-dealkylation sites (tertiary alicyclic amines) is 1. The van der Waals surface area contributed by atoms with Gasteiger partial charge in [0.15, 0.2) is 5.78 Å². The lowest BCUT2D eigenvalue weighted by Gasteiger charge is -2.35. The molecule has 21 heavy (non-hydrogen) atoms. The van der Waals surface area contributed by atoms with E-state index in [4.69, 9.17) is 0 Å². The molecule has 2 fully saturated rings. The number of hydrogen-bond donors (Lipinski definition) is 1. The molecule has 0 aromatic heterocycles. The Bertz CT molecular complexity index is 419. The molecule has 5 nitrogen and oxygen atoms in total.